The van der Waals surface area contributed by atoms with E-state index in [1.54, 1.807) is 10.9 Å². The topological polar surface area (TPSA) is 66.8 Å². The maximum absolute atomic E-state index is 12.5. The SMILES string of the molecule is Cc1cc(Br)cc(C)c1-n1cc2c(=O)[nH]c(N3CCCC3C)nc2n1. The van der Waals surface area contributed by atoms with E-state index in [1.807, 2.05) is 26.0 Å². The van der Waals surface area contributed by atoms with Crippen molar-refractivity contribution in [1.29, 1.82) is 0 Å². The molecule has 6 nitrogen and oxygen atoms in total. The number of rotatable bonds is 2. The second-order valence-corrected chi connectivity index (χ2v) is 7.69. The molecule has 1 fully saturated rings. The van der Waals surface area contributed by atoms with E-state index < -0.39 is 0 Å². The van der Waals surface area contributed by atoms with Crippen LogP contribution in [0.25, 0.3) is 16.7 Å². The van der Waals surface area contributed by atoms with Crippen LogP contribution in [-0.2, 0) is 0 Å². The molecule has 1 aromatic carbocycles. The van der Waals surface area contributed by atoms with Crippen molar-refractivity contribution in [2.75, 3.05) is 11.4 Å². The fraction of sp³-hybridized carbons (Fsp3) is 0.389. The van der Waals surface area contributed by atoms with Crippen LogP contribution in [-0.4, -0.2) is 32.3 Å². The van der Waals surface area contributed by atoms with Gasteiger partial charge < -0.3 is 4.90 Å². The van der Waals surface area contributed by atoms with Crippen LogP contribution in [0, 0.1) is 13.8 Å². The standard InChI is InChI=1S/C18H20BrN5O/c1-10-7-13(19)8-11(2)15(10)24-9-14-16(22-24)20-18(21-17(14)25)23-6-4-5-12(23)3/h7-9,12H,4-6H2,1-3H3,(H,20,21,22,25). The van der Waals surface area contributed by atoms with Gasteiger partial charge in [0.2, 0.25) is 5.95 Å². The normalized spacial score (nSPS) is 17.6. The molecule has 4 rings (SSSR count). The Bertz CT molecular complexity index is 999. The maximum atomic E-state index is 12.5. The van der Waals surface area contributed by atoms with Crippen molar-refractivity contribution in [2.45, 2.75) is 39.7 Å². The lowest BCUT2D eigenvalue weighted by molar-refractivity contribution is 0.717. The van der Waals surface area contributed by atoms with Crippen LogP contribution in [0.5, 0.6) is 0 Å². The molecule has 1 saturated heterocycles. The van der Waals surface area contributed by atoms with Crippen molar-refractivity contribution < 1.29 is 0 Å². The molecule has 0 saturated carbocycles. The summed E-state index contributed by atoms with van der Waals surface area (Å²) in [6.45, 7) is 7.15. The smallest absolute Gasteiger partial charge is 0.263 e. The molecule has 3 heterocycles. The van der Waals surface area contributed by atoms with E-state index in [0.717, 1.165) is 40.7 Å². The number of benzene rings is 1. The largest absolute Gasteiger partial charge is 0.340 e. The van der Waals surface area contributed by atoms with Crippen molar-refractivity contribution >= 4 is 32.9 Å². The van der Waals surface area contributed by atoms with Crippen LogP contribution < -0.4 is 10.5 Å². The van der Waals surface area contributed by atoms with Gasteiger partial charge in [-0.2, -0.15) is 4.98 Å². The predicted molar refractivity (Wildman–Crippen MR) is 103 cm³/mol. The van der Waals surface area contributed by atoms with Gasteiger partial charge in [-0.1, -0.05) is 15.9 Å². The summed E-state index contributed by atoms with van der Waals surface area (Å²) in [6.07, 6.45) is 4.00. The summed E-state index contributed by atoms with van der Waals surface area (Å²) < 4.78 is 2.80. The van der Waals surface area contributed by atoms with Gasteiger partial charge in [-0.05, 0) is 56.9 Å². The van der Waals surface area contributed by atoms with Gasteiger partial charge in [0, 0.05) is 23.3 Å². The van der Waals surface area contributed by atoms with Gasteiger partial charge in [0.25, 0.3) is 5.56 Å². The summed E-state index contributed by atoms with van der Waals surface area (Å²) in [5, 5.41) is 5.11. The Morgan fingerprint density at radius 3 is 2.64 bits per heavy atom. The fourth-order valence-corrected chi connectivity index (χ4v) is 4.35. The Labute approximate surface area is 154 Å². The molecule has 3 aromatic rings. The molecular formula is C18H20BrN5O. The van der Waals surface area contributed by atoms with Gasteiger partial charge in [-0.25, -0.2) is 4.68 Å². The number of hydrogen-bond donors (Lipinski definition) is 1. The number of anilines is 1. The minimum Gasteiger partial charge on any atom is -0.340 e. The van der Waals surface area contributed by atoms with Crippen molar-refractivity contribution in [3.8, 4) is 5.69 Å². The van der Waals surface area contributed by atoms with Gasteiger partial charge >= 0.3 is 0 Å². The Morgan fingerprint density at radius 2 is 2.00 bits per heavy atom. The van der Waals surface area contributed by atoms with E-state index in [0.29, 0.717) is 23.0 Å². The number of nitrogens with one attached hydrogen (secondary N) is 1. The van der Waals surface area contributed by atoms with E-state index in [-0.39, 0.29) is 5.56 Å². The van der Waals surface area contributed by atoms with Crippen molar-refractivity contribution in [2.24, 2.45) is 0 Å². The zero-order chi connectivity index (χ0) is 17.7. The summed E-state index contributed by atoms with van der Waals surface area (Å²) in [5.74, 6) is 0.622. The summed E-state index contributed by atoms with van der Waals surface area (Å²) >= 11 is 3.52. The summed E-state index contributed by atoms with van der Waals surface area (Å²) in [6, 6.07) is 4.48. The zero-order valence-electron chi connectivity index (χ0n) is 14.5. The number of fused-ring (bicyclic) bond motifs is 1. The van der Waals surface area contributed by atoms with Crippen LogP contribution in [0.15, 0.2) is 27.6 Å². The third-order valence-electron chi connectivity index (χ3n) is 4.89. The average Bonchev–Trinajstić information content (AvgIpc) is 3.12. The summed E-state index contributed by atoms with van der Waals surface area (Å²) in [4.78, 5) is 22.2. The third-order valence-corrected chi connectivity index (χ3v) is 5.34. The number of aromatic nitrogens is 4. The monoisotopic (exact) mass is 401 g/mol. The molecule has 0 radical (unpaired) electrons. The first-order valence-electron chi connectivity index (χ1n) is 8.47. The minimum absolute atomic E-state index is 0.141. The molecule has 0 spiro atoms. The number of nitrogens with zero attached hydrogens (tertiary/aromatic N) is 4. The number of halogens is 1. The van der Waals surface area contributed by atoms with Crippen LogP contribution in [0.2, 0.25) is 0 Å². The highest BCUT2D eigenvalue weighted by atomic mass is 79.9. The molecule has 2 aromatic heterocycles. The molecular weight excluding hydrogens is 382 g/mol. The Kier molecular flexibility index (Phi) is 3.91. The molecule has 1 aliphatic rings. The fourth-order valence-electron chi connectivity index (χ4n) is 3.67. The number of aryl methyl sites for hydroxylation is 2. The second-order valence-electron chi connectivity index (χ2n) is 6.77. The molecule has 0 bridgehead atoms. The van der Waals surface area contributed by atoms with E-state index in [2.05, 4.69) is 42.8 Å². The lowest BCUT2D eigenvalue weighted by Gasteiger charge is -2.21. The highest BCUT2D eigenvalue weighted by molar-refractivity contribution is 9.10. The molecule has 1 N–H and O–H groups in total. The van der Waals surface area contributed by atoms with Gasteiger partial charge in [-0.15, -0.1) is 5.10 Å². The molecule has 130 valence electrons. The molecule has 0 amide bonds. The van der Waals surface area contributed by atoms with Crippen molar-refractivity contribution in [3.63, 3.8) is 0 Å². The van der Waals surface area contributed by atoms with E-state index in [4.69, 9.17) is 0 Å². The van der Waals surface area contributed by atoms with Gasteiger partial charge in [0.05, 0.1) is 5.69 Å². The molecule has 7 heteroatoms. The van der Waals surface area contributed by atoms with E-state index in [9.17, 15) is 4.79 Å². The first-order chi connectivity index (χ1) is 11.9. The highest BCUT2D eigenvalue weighted by Gasteiger charge is 2.23. The van der Waals surface area contributed by atoms with E-state index in [1.165, 1.54) is 0 Å². The maximum Gasteiger partial charge on any atom is 0.263 e. The van der Waals surface area contributed by atoms with Gasteiger partial charge in [0.1, 0.15) is 5.39 Å². The van der Waals surface area contributed by atoms with Gasteiger partial charge in [-0.3, -0.25) is 9.78 Å². The quantitative estimate of drug-likeness (QED) is 0.713. The van der Waals surface area contributed by atoms with Crippen LogP contribution in [0.1, 0.15) is 30.9 Å². The summed E-state index contributed by atoms with van der Waals surface area (Å²) in [7, 11) is 0. The van der Waals surface area contributed by atoms with Crippen molar-refractivity contribution in [3.05, 3.63) is 44.3 Å². The molecule has 25 heavy (non-hydrogen) atoms. The van der Waals surface area contributed by atoms with Crippen LogP contribution in [0.3, 0.4) is 0 Å². The second kappa shape index (κ2) is 5.98. The molecule has 1 unspecified atom stereocenters. The number of hydrogen-bond acceptors (Lipinski definition) is 4. The Balaban J connectivity index is 1.86. The average molecular weight is 402 g/mol. The predicted octanol–water partition coefficient (Wildman–Crippen LogP) is 3.48. The molecule has 1 aliphatic heterocycles. The molecule has 0 aliphatic carbocycles. The lowest BCUT2D eigenvalue weighted by Crippen LogP contribution is -2.30. The van der Waals surface area contributed by atoms with Gasteiger partial charge in [0.15, 0.2) is 5.65 Å². The van der Waals surface area contributed by atoms with Crippen molar-refractivity contribution in [1.82, 2.24) is 19.7 Å². The Hall–Kier alpha value is -2.15. The first-order valence-corrected chi connectivity index (χ1v) is 9.27. The molecule has 1 atom stereocenters. The Morgan fingerprint density at radius 1 is 1.28 bits per heavy atom. The van der Waals surface area contributed by atoms with E-state index >= 15 is 0 Å². The van der Waals surface area contributed by atoms with Crippen LogP contribution >= 0.6 is 15.9 Å². The lowest BCUT2D eigenvalue weighted by atomic mass is 10.1. The first kappa shape index (κ1) is 16.3. The minimum atomic E-state index is -0.141. The third kappa shape index (κ3) is 2.76. The number of H-pyrrole nitrogens is 1. The zero-order valence-corrected chi connectivity index (χ0v) is 16.1. The summed E-state index contributed by atoms with van der Waals surface area (Å²) in [5.41, 5.74) is 3.50. The number of aromatic amines is 1. The highest BCUT2D eigenvalue weighted by Crippen LogP contribution is 2.25. The van der Waals surface area contributed by atoms with Crippen LogP contribution in [0.4, 0.5) is 5.95 Å².